The summed E-state index contributed by atoms with van der Waals surface area (Å²) in [5, 5.41) is 7.12. The topological polar surface area (TPSA) is 34.1 Å². The van der Waals surface area contributed by atoms with E-state index < -0.39 is 0 Å². The van der Waals surface area contributed by atoms with E-state index in [1.807, 2.05) is 30.3 Å². The van der Waals surface area contributed by atoms with E-state index >= 15 is 0 Å². The van der Waals surface area contributed by atoms with Crippen molar-refractivity contribution in [3.05, 3.63) is 93.5 Å². The van der Waals surface area contributed by atoms with Crippen LogP contribution in [-0.4, -0.2) is 17.8 Å². The largest absolute Gasteiger partial charge is 0.496 e. The molecule has 0 fully saturated rings. The van der Waals surface area contributed by atoms with Gasteiger partial charge < -0.3 is 9.47 Å². The van der Waals surface area contributed by atoms with Crippen molar-refractivity contribution < 1.29 is 9.47 Å². The molecule has 2 aliphatic heterocycles. The molecule has 4 nitrogen and oxygen atoms in total. The molecule has 0 saturated heterocycles. The van der Waals surface area contributed by atoms with Gasteiger partial charge in [-0.05, 0) is 52.7 Å². The molecule has 0 amide bonds. The molecule has 0 saturated carbocycles. The van der Waals surface area contributed by atoms with Crippen molar-refractivity contribution in [2.75, 3.05) is 7.11 Å². The summed E-state index contributed by atoms with van der Waals surface area (Å²) in [5.74, 6) is 1.72. The van der Waals surface area contributed by atoms with Gasteiger partial charge in [0.15, 0.2) is 0 Å². The average Bonchev–Trinajstić information content (AvgIpc) is 3.19. The molecule has 5 heteroatoms. The molecule has 0 bridgehead atoms. The Balaban J connectivity index is 1.58. The first-order valence-electron chi connectivity index (χ1n) is 9.66. The third-order valence-electron chi connectivity index (χ3n) is 5.54. The first-order chi connectivity index (χ1) is 14.1. The van der Waals surface area contributed by atoms with E-state index in [2.05, 4.69) is 64.3 Å². The van der Waals surface area contributed by atoms with Crippen LogP contribution in [0, 0.1) is 6.92 Å². The highest BCUT2D eigenvalue weighted by Gasteiger charge is 2.40. The Morgan fingerprint density at radius 2 is 1.86 bits per heavy atom. The molecule has 2 heterocycles. The van der Waals surface area contributed by atoms with E-state index in [1.165, 1.54) is 11.1 Å². The lowest BCUT2D eigenvalue weighted by Crippen LogP contribution is -2.33. The molecule has 0 aromatic heterocycles. The number of halogens is 1. The Morgan fingerprint density at radius 3 is 2.62 bits per heavy atom. The number of fused-ring (bicyclic) bond motifs is 3. The highest BCUT2D eigenvalue weighted by molar-refractivity contribution is 9.10. The van der Waals surface area contributed by atoms with Crippen LogP contribution in [0.2, 0.25) is 0 Å². The molecule has 0 spiro atoms. The molecular weight excluding hydrogens is 428 g/mol. The van der Waals surface area contributed by atoms with E-state index in [9.17, 15) is 0 Å². The van der Waals surface area contributed by atoms with Gasteiger partial charge in [-0.1, -0.05) is 48.0 Å². The van der Waals surface area contributed by atoms with Crippen LogP contribution in [0.25, 0.3) is 0 Å². The Labute approximate surface area is 178 Å². The number of aryl methyl sites for hydroxylation is 1. The lowest BCUT2D eigenvalue weighted by atomic mass is 9.95. The summed E-state index contributed by atoms with van der Waals surface area (Å²) < 4.78 is 12.7. The third kappa shape index (κ3) is 3.19. The second-order valence-corrected chi connectivity index (χ2v) is 8.27. The Morgan fingerprint density at radius 1 is 1.07 bits per heavy atom. The third-order valence-corrected chi connectivity index (χ3v) is 6.16. The summed E-state index contributed by atoms with van der Waals surface area (Å²) in [6, 6.07) is 23.0. The first-order valence-corrected chi connectivity index (χ1v) is 10.5. The molecular formula is C24H21BrN2O2. The number of nitrogens with zero attached hydrogens (tertiary/aromatic N) is 2. The number of rotatable bonds is 3. The lowest BCUT2D eigenvalue weighted by Gasteiger charge is -2.38. The van der Waals surface area contributed by atoms with Gasteiger partial charge in [0.1, 0.15) is 11.5 Å². The van der Waals surface area contributed by atoms with Crippen molar-refractivity contribution in [1.29, 1.82) is 0 Å². The Bertz CT molecular complexity index is 1090. The van der Waals surface area contributed by atoms with Gasteiger partial charge in [-0.2, -0.15) is 5.10 Å². The summed E-state index contributed by atoms with van der Waals surface area (Å²) in [7, 11) is 1.67. The van der Waals surface area contributed by atoms with Crippen LogP contribution in [0.1, 0.15) is 40.9 Å². The molecule has 0 N–H and O–H groups in total. The number of hydrogen-bond acceptors (Lipinski definition) is 4. The Kier molecular flexibility index (Phi) is 4.55. The van der Waals surface area contributed by atoms with Gasteiger partial charge in [-0.15, -0.1) is 0 Å². The molecule has 0 radical (unpaired) electrons. The summed E-state index contributed by atoms with van der Waals surface area (Å²) in [6.07, 6.45) is 0.567. The average molecular weight is 449 g/mol. The van der Waals surface area contributed by atoms with Crippen molar-refractivity contribution in [1.82, 2.24) is 5.01 Å². The molecule has 0 aliphatic carbocycles. The molecule has 5 rings (SSSR count). The van der Waals surface area contributed by atoms with Crippen molar-refractivity contribution in [3.63, 3.8) is 0 Å². The fourth-order valence-electron chi connectivity index (χ4n) is 4.01. The van der Waals surface area contributed by atoms with Crippen molar-refractivity contribution >= 4 is 21.6 Å². The monoisotopic (exact) mass is 448 g/mol. The number of ether oxygens (including phenoxy) is 2. The number of hydrogen-bond donors (Lipinski definition) is 0. The van der Waals surface area contributed by atoms with Crippen LogP contribution < -0.4 is 9.47 Å². The number of para-hydroxylation sites is 1. The van der Waals surface area contributed by atoms with Gasteiger partial charge in [0.05, 0.1) is 23.3 Å². The summed E-state index contributed by atoms with van der Waals surface area (Å²) >= 11 is 3.60. The van der Waals surface area contributed by atoms with Crippen LogP contribution in [-0.2, 0) is 0 Å². The van der Waals surface area contributed by atoms with Gasteiger partial charge in [0, 0.05) is 17.5 Å². The second kappa shape index (κ2) is 7.23. The minimum atomic E-state index is -0.292. The fraction of sp³-hybridized carbons (Fsp3) is 0.208. The number of benzene rings is 3. The lowest BCUT2D eigenvalue weighted by molar-refractivity contribution is -0.0190. The van der Waals surface area contributed by atoms with Crippen molar-refractivity contribution in [2.24, 2.45) is 5.10 Å². The van der Waals surface area contributed by atoms with Crippen molar-refractivity contribution in [2.45, 2.75) is 25.6 Å². The maximum absolute atomic E-state index is 6.42. The minimum Gasteiger partial charge on any atom is -0.496 e. The van der Waals surface area contributed by atoms with Gasteiger partial charge in [-0.25, -0.2) is 5.01 Å². The summed E-state index contributed by atoms with van der Waals surface area (Å²) in [6.45, 7) is 2.10. The predicted molar refractivity (Wildman–Crippen MR) is 117 cm³/mol. The highest BCUT2D eigenvalue weighted by Crippen LogP contribution is 2.48. The van der Waals surface area contributed by atoms with E-state index in [0.29, 0.717) is 0 Å². The standard InChI is InChI=1S/C24H21BrN2O2/c1-15-7-9-16(10-8-15)20-14-21-18-5-3-4-6-22(18)29-24(27(21)26-20)17-11-12-23(28-2)19(25)13-17/h3-13,21,24H,14H2,1-2H3/t21-,24+/m0/s1. The fourth-order valence-corrected chi connectivity index (χ4v) is 4.57. The van der Waals surface area contributed by atoms with Crippen LogP contribution in [0.4, 0.5) is 0 Å². The van der Waals surface area contributed by atoms with Gasteiger partial charge in [-0.3, -0.25) is 0 Å². The Hall–Kier alpha value is -2.79. The molecule has 29 heavy (non-hydrogen) atoms. The van der Waals surface area contributed by atoms with Gasteiger partial charge in [0.25, 0.3) is 0 Å². The van der Waals surface area contributed by atoms with Gasteiger partial charge >= 0.3 is 0 Å². The molecule has 146 valence electrons. The summed E-state index contributed by atoms with van der Waals surface area (Å²) in [4.78, 5) is 0. The first kappa shape index (κ1) is 18.3. The van der Waals surface area contributed by atoms with Crippen LogP contribution in [0.3, 0.4) is 0 Å². The molecule has 0 unspecified atom stereocenters. The van der Waals surface area contributed by atoms with E-state index in [4.69, 9.17) is 14.6 Å². The van der Waals surface area contributed by atoms with E-state index in [0.717, 1.165) is 39.2 Å². The number of methoxy groups -OCH3 is 1. The normalized spacial score (nSPS) is 19.8. The van der Waals surface area contributed by atoms with Crippen LogP contribution in [0.15, 0.2) is 76.3 Å². The second-order valence-electron chi connectivity index (χ2n) is 7.41. The zero-order valence-electron chi connectivity index (χ0n) is 16.3. The predicted octanol–water partition coefficient (Wildman–Crippen LogP) is 6.01. The highest BCUT2D eigenvalue weighted by atomic mass is 79.9. The van der Waals surface area contributed by atoms with E-state index in [1.54, 1.807) is 7.11 Å². The number of hydrazone groups is 1. The molecule has 3 aromatic carbocycles. The summed E-state index contributed by atoms with van der Waals surface area (Å²) in [5.41, 5.74) is 5.72. The van der Waals surface area contributed by atoms with Gasteiger partial charge in [0.2, 0.25) is 6.23 Å². The van der Waals surface area contributed by atoms with Crippen molar-refractivity contribution in [3.8, 4) is 11.5 Å². The molecule has 2 aliphatic rings. The maximum atomic E-state index is 6.42. The van der Waals surface area contributed by atoms with Crippen LogP contribution in [0.5, 0.6) is 11.5 Å². The minimum absolute atomic E-state index is 0.155. The maximum Gasteiger partial charge on any atom is 0.213 e. The molecule has 2 atom stereocenters. The zero-order valence-corrected chi connectivity index (χ0v) is 17.9. The zero-order chi connectivity index (χ0) is 20.0. The SMILES string of the molecule is COc1ccc([C@H]2Oc3ccccc3[C@@H]3CC(c4ccc(C)cc4)=NN23)cc1Br. The quantitative estimate of drug-likeness (QED) is 0.491. The van der Waals surface area contributed by atoms with E-state index in [-0.39, 0.29) is 12.3 Å². The van der Waals surface area contributed by atoms with Crippen LogP contribution >= 0.6 is 15.9 Å². The smallest absolute Gasteiger partial charge is 0.213 e. The molecule has 3 aromatic rings.